The van der Waals surface area contributed by atoms with Gasteiger partial charge >= 0.3 is 0 Å². The number of nitriles is 1. The van der Waals surface area contributed by atoms with E-state index in [1.807, 2.05) is 19.2 Å². The van der Waals surface area contributed by atoms with Crippen molar-refractivity contribution in [1.29, 1.82) is 5.26 Å². The Bertz CT molecular complexity index is 776. The highest BCUT2D eigenvalue weighted by Crippen LogP contribution is 2.24. The van der Waals surface area contributed by atoms with Gasteiger partial charge in [-0.25, -0.2) is 15.0 Å². The van der Waals surface area contributed by atoms with Gasteiger partial charge < -0.3 is 9.64 Å². The standard InChI is InChI=1S/C18H21N5OS/c1-13-8-16(22-18(21-13)25-2)23-7-3-4-15(11-23)12-24-17-9-14(10-19)5-6-20-17/h5-6,8-9,15H,3-4,7,11-12H2,1-2H3. The van der Waals surface area contributed by atoms with Crippen LogP contribution in [0.1, 0.15) is 24.1 Å². The highest BCUT2D eigenvalue weighted by Gasteiger charge is 2.22. The number of hydrogen-bond donors (Lipinski definition) is 0. The zero-order chi connectivity index (χ0) is 17.6. The van der Waals surface area contributed by atoms with E-state index < -0.39 is 0 Å². The van der Waals surface area contributed by atoms with Gasteiger partial charge in [-0.15, -0.1) is 0 Å². The smallest absolute Gasteiger partial charge is 0.214 e. The van der Waals surface area contributed by atoms with E-state index in [2.05, 4.69) is 25.9 Å². The normalized spacial score (nSPS) is 17.2. The van der Waals surface area contributed by atoms with Crippen LogP contribution in [0.15, 0.2) is 29.6 Å². The second-order valence-corrected chi connectivity index (χ2v) is 6.89. The Morgan fingerprint density at radius 1 is 1.40 bits per heavy atom. The fraction of sp³-hybridized carbons (Fsp3) is 0.444. The molecule has 0 amide bonds. The first kappa shape index (κ1) is 17.5. The van der Waals surface area contributed by atoms with Crippen LogP contribution in [-0.2, 0) is 0 Å². The minimum atomic E-state index is 0.411. The molecule has 1 fully saturated rings. The number of rotatable bonds is 5. The second kappa shape index (κ2) is 8.17. The zero-order valence-corrected chi connectivity index (χ0v) is 15.3. The molecule has 2 aromatic heterocycles. The summed E-state index contributed by atoms with van der Waals surface area (Å²) in [6, 6.07) is 7.50. The lowest BCUT2D eigenvalue weighted by Gasteiger charge is -2.33. The average molecular weight is 355 g/mol. The fourth-order valence-electron chi connectivity index (χ4n) is 2.95. The molecular weight excluding hydrogens is 334 g/mol. The highest BCUT2D eigenvalue weighted by molar-refractivity contribution is 7.98. The minimum absolute atomic E-state index is 0.411. The molecule has 6 nitrogen and oxygen atoms in total. The van der Waals surface area contributed by atoms with E-state index in [0.717, 1.165) is 42.6 Å². The summed E-state index contributed by atoms with van der Waals surface area (Å²) in [5, 5.41) is 9.76. The molecule has 1 atom stereocenters. The lowest BCUT2D eigenvalue weighted by molar-refractivity contribution is 0.221. The van der Waals surface area contributed by atoms with Crippen LogP contribution < -0.4 is 9.64 Å². The molecule has 0 N–H and O–H groups in total. The van der Waals surface area contributed by atoms with Crippen molar-refractivity contribution in [2.45, 2.75) is 24.9 Å². The highest BCUT2D eigenvalue weighted by atomic mass is 32.2. The molecule has 1 saturated heterocycles. The number of ether oxygens (including phenoxy) is 1. The zero-order valence-electron chi connectivity index (χ0n) is 14.5. The van der Waals surface area contributed by atoms with Gasteiger partial charge in [0.15, 0.2) is 5.16 Å². The van der Waals surface area contributed by atoms with E-state index in [1.165, 1.54) is 0 Å². The maximum Gasteiger partial charge on any atom is 0.214 e. The molecule has 1 aliphatic heterocycles. The van der Waals surface area contributed by atoms with Gasteiger partial charge in [0.05, 0.1) is 18.2 Å². The topological polar surface area (TPSA) is 74.9 Å². The molecule has 0 aromatic carbocycles. The molecule has 0 spiro atoms. The average Bonchev–Trinajstić information content (AvgIpc) is 2.66. The van der Waals surface area contributed by atoms with E-state index >= 15 is 0 Å². The first-order chi connectivity index (χ1) is 12.2. The van der Waals surface area contributed by atoms with Crippen LogP contribution >= 0.6 is 11.8 Å². The van der Waals surface area contributed by atoms with Gasteiger partial charge in [-0.3, -0.25) is 0 Å². The Balaban J connectivity index is 1.63. The number of pyridine rings is 1. The van der Waals surface area contributed by atoms with Crippen LogP contribution in [-0.4, -0.2) is 40.9 Å². The molecule has 0 saturated carbocycles. The van der Waals surface area contributed by atoms with Crippen molar-refractivity contribution < 1.29 is 4.74 Å². The Morgan fingerprint density at radius 2 is 2.28 bits per heavy atom. The Morgan fingerprint density at radius 3 is 3.08 bits per heavy atom. The number of hydrogen-bond acceptors (Lipinski definition) is 7. The summed E-state index contributed by atoms with van der Waals surface area (Å²) in [5.41, 5.74) is 1.56. The lowest BCUT2D eigenvalue weighted by Crippen LogP contribution is -2.38. The summed E-state index contributed by atoms with van der Waals surface area (Å²) in [4.78, 5) is 15.5. The predicted molar refractivity (Wildman–Crippen MR) is 97.9 cm³/mol. The summed E-state index contributed by atoms with van der Waals surface area (Å²) >= 11 is 1.56. The minimum Gasteiger partial charge on any atom is -0.477 e. The maximum absolute atomic E-state index is 8.95. The molecule has 25 heavy (non-hydrogen) atoms. The Hall–Kier alpha value is -2.33. The molecule has 1 aliphatic rings. The molecule has 0 radical (unpaired) electrons. The Labute approximate surface area is 152 Å². The van der Waals surface area contributed by atoms with Crippen molar-refractivity contribution >= 4 is 17.6 Å². The third kappa shape index (κ3) is 4.60. The van der Waals surface area contributed by atoms with Crippen molar-refractivity contribution in [3.8, 4) is 11.9 Å². The van der Waals surface area contributed by atoms with Crippen LogP contribution in [0.5, 0.6) is 5.88 Å². The number of anilines is 1. The molecule has 3 heterocycles. The molecule has 0 aliphatic carbocycles. The second-order valence-electron chi connectivity index (χ2n) is 6.11. The molecule has 3 rings (SSSR count). The van der Waals surface area contributed by atoms with Gasteiger partial charge in [-0.2, -0.15) is 5.26 Å². The van der Waals surface area contributed by atoms with E-state index in [-0.39, 0.29) is 0 Å². The third-order valence-corrected chi connectivity index (χ3v) is 4.72. The van der Waals surface area contributed by atoms with Crippen molar-refractivity contribution in [3.05, 3.63) is 35.7 Å². The first-order valence-corrected chi connectivity index (χ1v) is 9.54. The number of aryl methyl sites for hydroxylation is 1. The molecule has 0 bridgehead atoms. The van der Waals surface area contributed by atoms with Gasteiger partial charge in [0.25, 0.3) is 0 Å². The molecule has 7 heteroatoms. The van der Waals surface area contributed by atoms with Gasteiger partial charge in [0.1, 0.15) is 5.82 Å². The summed E-state index contributed by atoms with van der Waals surface area (Å²) in [6.07, 6.45) is 5.83. The van der Waals surface area contributed by atoms with E-state index in [0.29, 0.717) is 24.0 Å². The van der Waals surface area contributed by atoms with Crippen LogP contribution in [0.3, 0.4) is 0 Å². The van der Waals surface area contributed by atoms with Crippen LogP contribution in [0.2, 0.25) is 0 Å². The Kier molecular flexibility index (Phi) is 5.71. The maximum atomic E-state index is 8.95. The van der Waals surface area contributed by atoms with Crippen LogP contribution in [0.25, 0.3) is 0 Å². The molecule has 1 unspecified atom stereocenters. The number of thioether (sulfide) groups is 1. The van der Waals surface area contributed by atoms with Gasteiger partial charge in [-0.1, -0.05) is 11.8 Å². The summed E-state index contributed by atoms with van der Waals surface area (Å²) < 4.78 is 5.82. The predicted octanol–water partition coefficient (Wildman–Crippen LogP) is 3.07. The molecule has 2 aromatic rings. The quantitative estimate of drug-likeness (QED) is 0.602. The largest absolute Gasteiger partial charge is 0.477 e. The van der Waals surface area contributed by atoms with E-state index in [1.54, 1.807) is 30.1 Å². The fourth-order valence-corrected chi connectivity index (χ4v) is 3.37. The van der Waals surface area contributed by atoms with E-state index in [4.69, 9.17) is 10.00 Å². The lowest BCUT2D eigenvalue weighted by atomic mass is 9.99. The first-order valence-electron chi connectivity index (χ1n) is 8.31. The molecular formula is C18H21N5OS. The number of aromatic nitrogens is 3. The summed E-state index contributed by atoms with van der Waals surface area (Å²) in [6.45, 7) is 4.51. The SMILES string of the molecule is CSc1nc(C)cc(N2CCCC(COc3cc(C#N)ccn3)C2)n1. The van der Waals surface area contributed by atoms with Gasteiger partial charge in [0.2, 0.25) is 5.88 Å². The summed E-state index contributed by atoms with van der Waals surface area (Å²) in [7, 11) is 0. The number of piperidine rings is 1. The van der Waals surface area contributed by atoms with E-state index in [9.17, 15) is 0 Å². The van der Waals surface area contributed by atoms with Crippen LogP contribution in [0, 0.1) is 24.2 Å². The van der Waals surface area contributed by atoms with Gasteiger partial charge in [0, 0.05) is 43.0 Å². The molecule has 130 valence electrons. The van der Waals surface area contributed by atoms with Crippen molar-refractivity contribution in [2.24, 2.45) is 5.92 Å². The van der Waals surface area contributed by atoms with Gasteiger partial charge in [-0.05, 0) is 32.1 Å². The summed E-state index contributed by atoms with van der Waals surface area (Å²) in [5.74, 6) is 1.92. The van der Waals surface area contributed by atoms with Crippen LogP contribution in [0.4, 0.5) is 5.82 Å². The monoisotopic (exact) mass is 355 g/mol. The van der Waals surface area contributed by atoms with Crippen molar-refractivity contribution in [3.63, 3.8) is 0 Å². The number of nitrogens with zero attached hydrogens (tertiary/aromatic N) is 5. The third-order valence-electron chi connectivity index (χ3n) is 4.18. The van der Waals surface area contributed by atoms with Crippen molar-refractivity contribution in [1.82, 2.24) is 15.0 Å². The van der Waals surface area contributed by atoms with Crippen molar-refractivity contribution in [2.75, 3.05) is 30.9 Å².